The molecule has 0 aliphatic heterocycles. The van der Waals surface area contributed by atoms with Crippen molar-refractivity contribution in [1.29, 1.82) is 0 Å². The highest BCUT2D eigenvalue weighted by molar-refractivity contribution is 5.66. The first-order valence-electron chi connectivity index (χ1n) is 7.16. The topological polar surface area (TPSA) is 61.1 Å². The molecule has 1 aromatic carbocycles. The first-order valence-corrected chi connectivity index (χ1v) is 7.16. The molecule has 0 aliphatic carbocycles. The number of hydrogen-bond acceptors (Lipinski definition) is 3. The first-order chi connectivity index (χ1) is 11.1. The molecule has 0 bridgehead atoms. The van der Waals surface area contributed by atoms with Gasteiger partial charge in [0, 0.05) is 47.7 Å². The average molecular weight is 307 g/mol. The van der Waals surface area contributed by atoms with Gasteiger partial charge in [-0.3, -0.25) is 9.55 Å². The van der Waals surface area contributed by atoms with Gasteiger partial charge in [-0.05, 0) is 31.2 Å². The SMILES string of the molecule is Cc1c(F)cc(N)cc1-n1ccn2nc(-c3cccnc3)cc12. The number of hydrogen-bond donors (Lipinski definition) is 1. The molecule has 114 valence electrons. The summed E-state index contributed by atoms with van der Waals surface area (Å²) in [5.41, 5.74) is 10.00. The summed E-state index contributed by atoms with van der Waals surface area (Å²) in [7, 11) is 0. The molecule has 0 fully saturated rings. The Kier molecular flexibility index (Phi) is 2.90. The van der Waals surface area contributed by atoms with E-state index < -0.39 is 0 Å². The van der Waals surface area contributed by atoms with Crippen molar-refractivity contribution in [2.24, 2.45) is 0 Å². The van der Waals surface area contributed by atoms with Crippen LogP contribution in [0.3, 0.4) is 0 Å². The van der Waals surface area contributed by atoms with Crippen LogP contribution in [-0.4, -0.2) is 19.2 Å². The molecular formula is C17H14FN5. The minimum Gasteiger partial charge on any atom is -0.399 e. The molecule has 6 heteroatoms. The Morgan fingerprint density at radius 3 is 2.83 bits per heavy atom. The second kappa shape index (κ2) is 4.95. The van der Waals surface area contributed by atoms with Crippen LogP contribution in [0.15, 0.2) is 55.1 Å². The molecule has 3 aromatic heterocycles. The van der Waals surface area contributed by atoms with Gasteiger partial charge in [-0.25, -0.2) is 8.91 Å². The Hall–Kier alpha value is -3.15. The van der Waals surface area contributed by atoms with Gasteiger partial charge in [-0.2, -0.15) is 5.10 Å². The van der Waals surface area contributed by atoms with Crippen molar-refractivity contribution >= 4 is 11.3 Å². The maximum atomic E-state index is 14.0. The lowest BCUT2D eigenvalue weighted by Crippen LogP contribution is -2.00. The first kappa shape index (κ1) is 13.5. The number of benzene rings is 1. The van der Waals surface area contributed by atoms with Crippen LogP contribution in [0.4, 0.5) is 10.1 Å². The van der Waals surface area contributed by atoms with E-state index >= 15 is 0 Å². The highest BCUT2D eigenvalue weighted by Gasteiger charge is 2.13. The highest BCUT2D eigenvalue weighted by atomic mass is 19.1. The summed E-state index contributed by atoms with van der Waals surface area (Å²) in [5, 5.41) is 4.53. The van der Waals surface area contributed by atoms with Crippen molar-refractivity contribution in [2.75, 3.05) is 5.73 Å². The number of aromatic nitrogens is 4. The van der Waals surface area contributed by atoms with Crippen molar-refractivity contribution in [3.63, 3.8) is 0 Å². The molecule has 0 spiro atoms. The minimum absolute atomic E-state index is 0.321. The zero-order valence-corrected chi connectivity index (χ0v) is 12.4. The highest BCUT2D eigenvalue weighted by Crippen LogP contribution is 2.25. The van der Waals surface area contributed by atoms with E-state index in [2.05, 4.69) is 10.1 Å². The Morgan fingerprint density at radius 2 is 2.04 bits per heavy atom. The fourth-order valence-corrected chi connectivity index (χ4v) is 2.67. The van der Waals surface area contributed by atoms with Gasteiger partial charge in [0.25, 0.3) is 0 Å². The number of halogens is 1. The van der Waals surface area contributed by atoms with Gasteiger partial charge >= 0.3 is 0 Å². The largest absolute Gasteiger partial charge is 0.399 e. The van der Waals surface area contributed by atoms with Gasteiger partial charge in [0.05, 0.1) is 11.4 Å². The number of imidazole rings is 1. The smallest absolute Gasteiger partial charge is 0.140 e. The van der Waals surface area contributed by atoms with Crippen LogP contribution in [0.2, 0.25) is 0 Å². The molecule has 0 unspecified atom stereocenters. The van der Waals surface area contributed by atoms with Crippen molar-refractivity contribution in [1.82, 2.24) is 19.2 Å². The van der Waals surface area contributed by atoms with Crippen molar-refractivity contribution in [3.05, 3.63) is 66.5 Å². The van der Waals surface area contributed by atoms with Crippen LogP contribution in [0, 0.1) is 12.7 Å². The van der Waals surface area contributed by atoms with Crippen LogP contribution in [-0.2, 0) is 0 Å². The molecule has 0 radical (unpaired) electrons. The Labute approximate surface area is 131 Å². The van der Waals surface area contributed by atoms with Crippen molar-refractivity contribution in [2.45, 2.75) is 6.92 Å². The Balaban J connectivity index is 1.91. The molecule has 0 aliphatic rings. The van der Waals surface area contributed by atoms with Crippen LogP contribution in [0.1, 0.15) is 5.56 Å². The van der Waals surface area contributed by atoms with Gasteiger partial charge in [-0.1, -0.05) is 0 Å². The lowest BCUT2D eigenvalue weighted by atomic mass is 10.1. The lowest BCUT2D eigenvalue weighted by Gasteiger charge is -2.09. The standard InChI is InChI=1S/C17H14FN5/c1-11-14(18)7-13(19)8-16(11)22-5-6-23-17(22)9-15(21-23)12-3-2-4-20-10-12/h2-10H,19H2,1H3. The molecule has 0 saturated carbocycles. The van der Waals surface area contributed by atoms with E-state index in [4.69, 9.17) is 5.73 Å². The molecule has 0 amide bonds. The van der Waals surface area contributed by atoms with Crippen molar-refractivity contribution < 1.29 is 4.39 Å². The third-order valence-electron chi connectivity index (χ3n) is 3.88. The molecular weight excluding hydrogens is 293 g/mol. The molecule has 4 rings (SSSR count). The summed E-state index contributed by atoms with van der Waals surface area (Å²) in [6, 6.07) is 8.85. The van der Waals surface area contributed by atoms with Gasteiger partial charge < -0.3 is 5.73 Å². The number of fused-ring (bicyclic) bond motifs is 1. The van der Waals surface area contributed by atoms with Crippen molar-refractivity contribution in [3.8, 4) is 16.9 Å². The number of nitrogens with two attached hydrogens (primary N) is 1. The third-order valence-corrected chi connectivity index (χ3v) is 3.88. The summed E-state index contributed by atoms with van der Waals surface area (Å²) in [6.45, 7) is 1.74. The predicted octanol–water partition coefficient (Wildman–Crippen LogP) is 3.22. The molecule has 3 heterocycles. The number of nitrogen functional groups attached to an aromatic ring is 1. The monoisotopic (exact) mass is 307 g/mol. The second-order valence-electron chi connectivity index (χ2n) is 5.39. The summed E-state index contributed by atoms with van der Waals surface area (Å²) in [5.74, 6) is -0.321. The maximum Gasteiger partial charge on any atom is 0.140 e. The number of rotatable bonds is 2. The fraction of sp³-hybridized carbons (Fsp3) is 0.0588. The molecule has 4 aromatic rings. The van der Waals surface area contributed by atoms with E-state index in [0.29, 0.717) is 16.9 Å². The van der Waals surface area contributed by atoms with E-state index in [-0.39, 0.29) is 5.82 Å². The van der Waals surface area contributed by atoms with E-state index in [1.165, 1.54) is 6.07 Å². The summed E-state index contributed by atoms with van der Waals surface area (Å²) >= 11 is 0. The van der Waals surface area contributed by atoms with E-state index in [1.807, 2.05) is 35.2 Å². The Morgan fingerprint density at radius 1 is 1.17 bits per heavy atom. The summed E-state index contributed by atoms with van der Waals surface area (Å²) in [4.78, 5) is 4.11. The normalized spacial score (nSPS) is 11.2. The van der Waals surface area contributed by atoms with Gasteiger partial charge in [0.1, 0.15) is 11.5 Å². The molecule has 23 heavy (non-hydrogen) atoms. The minimum atomic E-state index is -0.321. The number of anilines is 1. The second-order valence-corrected chi connectivity index (χ2v) is 5.39. The van der Waals surface area contributed by atoms with Gasteiger partial charge in [0.15, 0.2) is 0 Å². The quantitative estimate of drug-likeness (QED) is 0.578. The van der Waals surface area contributed by atoms with Crippen LogP contribution in [0.5, 0.6) is 0 Å². The molecule has 2 N–H and O–H groups in total. The molecule has 5 nitrogen and oxygen atoms in total. The van der Waals surface area contributed by atoms with E-state index in [9.17, 15) is 4.39 Å². The zero-order valence-electron chi connectivity index (χ0n) is 12.4. The maximum absolute atomic E-state index is 14.0. The van der Waals surface area contributed by atoms with Gasteiger partial charge in [0.2, 0.25) is 0 Å². The predicted molar refractivity (Wildman–Crippen MR) is 86.9 cm³/mol. The fourth-order valence-electron chi connectivity index (χ4n) is 2.67. The number of nitrogens with zero attached hydrogens (tertiary/aromatic N) is 4. The van der Waals surface area contributed by atoms with E-state index in [0.717, 1.165) is 16.9 Å². The Bertz CT molecular complexity index is 1000. The van der Waals surface area contributed by atoms with Gasteiger partial charge in [-0.15, -0.1) is 0 Å². The zero-order chi connectivity index (χ0) is 16.0. The average Bonchev–Trinajstić information content (AvgIpc) is 3.12. The summed E-state index contributed by atoms with van der Waals surface area (Å²) < 4.78 is 17.6. The third kappa shape index (κ3) is 2.15. The van der Waals surface area contributed by atoms with Crippen LogP contribution < -0.4 is 5.73 Å². The molecule has 0 atom stereocenters. The number of pyridine rings is 1. The van der Waals surface area contributed by atoms with E-state index in [1.54, 1.807) is 29.9 Å². The molecule has 0 saturated heterocycles. The van der Waals surface area contributed by atoms with Crippen LogP contribution >= 0.6 is 0 Å². The van der Waals surface area contributed by atoms with Crippen LogP contribution in [0.25, 0.3) is 22.6 Å². The lowest BCUT2D eigenvalue weighted by molar-refractivity contribution is 0.618. The summed E-state index contributed by atoms with van der Waals surface area (Å²) in [6.07, 6.45) is 7.15.